The van der Waals surface area contributed by atoms with Gasteiger partial charge in [0.15, 0.2) is 0 Å². The topological polar surface area (TPSA) is 69.2 Å². The van der Waals surface area contributed by atoms with Gasteiger partial charge in [0.25, 0.3) is 0 Å². The second kappa shape index (κ2) is 6.25. The summed E-state index contributed by atoms with van der Waals surface area (Å²) in [6.07, 6.45) is 2.61. The maximum absolute atomic E-state index is 5.56. The van der Waals surface area contributed by atoms with Crippen molar-refractivity contribution in [3.05, 3.63) is 11.4 Å². The van der Waals surface area contributed by atoms with Crippen LogP contribution in [-0.4, -0.2) is 47.7 Å². The molecule has 6 nitrogen and oxygen atoms in total. The monoisotopic (exact) mass is 266 g/mol. The van der Waals surface area contributed by atoms with Crippen molar-refractivity contribution >= 4 is 5.95 Å². The Morgan fingerprint density at radius 2 is 2.05 bits per heavy atom. The molecule has 2 rings (SSSR count). The van der Waals surface area contributed by atoms with E-state index in [1.807, 2.05) is 0 Å². The molecule has 1 aliphatic rings. The molecule has 19 heavy (non-hydrogen) atoms. The lowest BCUT2D eigenvalue weighted by molar-refractivity contribution is -0.00632. The third kappa shape index (κ3) is 3.19. The van der Waals surface area contributed by atoms with Crippen molar-refractivity contribution in [3.8, 4) is 0 Å². The molecule has 1 unspecified atom stereocenters. The van der Waals surface area contributed by atoms with E-state index in [1.165, 1.54) is 0 Å². The summed E-state index contributed by atoms with van der Waals surface area (Å²) in [5.41, 5.74) is 1.71. The highest BCUT2D eigenvalue weighted by Gasteiger charge is 2.34. The third-order valence-corrected chi connectivity index (χ3v) is 3.58. The highest BCUT2D eigenvalue weighted by Crippen LogP contribution is 2.22. The predicted octanol–water partition coefficient (Wildman–Crippen LogP) is 1.21. The Morgan fingerprint density at radius 1 is 1.26 bits per heavy atom. The van der Waals surface area contributed by atoms with Crippen LogP contribution in [0, 0.1) is 0 Å². The molecule has 0 aliphatic carbocycles. The molecule has 0 radical (unpaired) electrons. The Balaban J connectivity index is 2.03. The highest BCUT2D eigenvalue weighted by atomic mass is 16.5. The van der Waals surface area contributed by atoms with Gasteiger partial charge in [-0.3, -0.25) is 0 Å². The largest absolute Gasteiger partial charge is 0.378 e. The number of aryl methyl sites for hydroxylation is 2. The van der Waals surface area contributed by atoms with E-state index in [0.29, 0.717) is 19.1 Å². The fraction of sp³-hybridized carbons (Fsp3) is 0.769. The minimum Gasteiger partial charge on any atom is -0.378 e. The summed E-state index contributed by atoms with van der Waals surface area (Å²) in [6.45, 7) is 6.13. The highest BCUT2D eigenvalue weighted by molar-refractivity contribution is 5.26. The molecule has 1 aromatic rings. The molecule has 1 aliphatic heterocycles. The van der Waals surface area contributed by atoms with Gasteiger partial charge in [0.2, 0.25) is 5.95 Å². The fourth-order valence-corrected chi connectivity index (χ4v) is 2.21. The number of hydrogen-bond donors (Lipinski definition) is 1. The van der Waals surface area contributed by atoms with Crippen molar-refractivity contribution in [1.82, 2.24) is 15.2 Å². The Kier molecular flexibility index (Phi) is 4.66. The normalized spacial score (nSPS) is 22.7. The van der Waals surface area contributed by atoms with Crippen molar-refractivity contribution in [2.24, 2.45) is 0 Å². The van der Waals surface area contributed by atoms with E-state index in [0.717, 1.165) is 37.3 Å². The van der Waals surface area contributed by atoms with Gasteiger partial charge in [-0.25, -0.2) is 4.98 Å². The molecule has 0 bridgehead atoms. The number of nitrogens with zero attached hydrogens (tertiary/aromatic N) is 3. The lowest BCUT2D eigenvalue weighted by atomic mass is 10.0. The third-order valence-electron chi connectivity index (χ3n) is 3.58. The van der Waals surface area contributed by atoms with Gasteiger partial charge in [-0.15, -0.1) is 5.10 Å². The van der Waals surface area contributed by atoms with Crippen molar-refractivity contribution in [2.75, 3.05) is 32.2 Å². The zero-order chi connectivity index (χ0) is 13.7. The van der Waals surface area contributed by atoms with Crippen molar-refractivity contribution < 1.29 is 9.47 Å². The molecule has 6 heteroatoms. The van der Waals surface area contributed by atoms with Gasteiger partial charge in [-0.2, -0.15) is 5.10 Å². The van der Waals surface area contributed by atoms with Crippen LogP contribution in [-0.2, 0) is 22.3 Å². The number of ether oxygens (including phenoxy) is 2. The molecule has 1 saturated heterocycles. The molecule has 1 fully saturated rings. The Morgan fingerprint density at radius 3 is 2.63 bits per heavy atom. The second-order valence-electron chi connectivity index (χ2n) is 4.78. The van der Waals surface area contributed by atoms with E-state index >= 15 is 0 Å². The van der Waals surface area contributed by atoms with Gasteiger partial charge in [0.1, 0.15) is 5.60 Å². The summed E-state index contributed by atoms with van der Waals surface area (Å²) < 4.78 is 11.0. The Labute approximate surface area is 113 Å². The minimum absolute atomic E-state index is 0.265. The van der Waals surface area contributed by atoms with E-state index in [4.69, 9.17) is 9.47 Å². The van der Waals surface area contributed by atoms with Gasteiger partial charge in [-0.05, 0) is 12.8 Å². The number of methoxy groups -OCH3 is 1. The number of hydrogen-bond acceptors (Lipinski definition) is 6. The van der Waals surface area contributed by atoms with Crippen LogP contribution in [0.4, 0.5) is 5.95 Å². The molecule has 0 amide bonds. The summed E-state index contributed by atoms with van der Waals surface area (Å²) >= 11 is 0. The van der Waals surface area contributed by atoms with Gasteiger partial charge >= 0.3 is 0 Å². The summed E-state index contributed by atoms with van der Waals surface area (Å²) in [5.74, 6) is 0.567. The van der Waals surface area contributed by atoms with Crippen molar-refractivity contribution in [1.29, 1.82) is 0 Å². The maximum Gasteiger partial charge on any atom is 0.243 e. The van der Waals surface area contributed by atoms with Crippen LogP contribution in [0.15, 0.2) is 0 Å². The summed E-state index contributed by atoms with van der Waals surface area (Å²) in [6, 6.07) is 0. The predicted molar refractivity (Wildman–Crippen MR) is 72.2 cm³/mol. The van der Waals surface area contributed by atoms with Gasteiger partial charge < -0.3 is 14.8 Å². The van der Waals surface area contributed by atoms with Crippen LogP contribution in [0.2, 0.25) is 0 Å². The first-order valence-corrected chi connectivity index (χ1v) is 6.82. The van der Waals surface area contributed by atoms with Crippen LogP contribution >= 0.6 is 0 Å². The Bertz CT molecular complexity index is 419. The molecule has 0 saturated carbocycles. The van der Waals surface area contributed by atoms with Gasteiger partial charge in [0.05, 0.1) is 18.0 Å². The number of nitrogens with one attached hydrogen (secondary N) is 1. The first-order chi connectivity index (χ1) is 9.23. The average molecular weight is 266 g/mol. The lowest BCUT2D eigenvalue weighted by Gasteiger charge is -2.25. The zero-order valence-corrected chi connectivity index (χ0v) is 11.9. The molecule has 1 aromatic heterocycles. The van der Waals surface area contributed by atoms with Crippen molar-refractivity contribution in [3.63, 3.8) is 0 Å². The van der Waals surface area contributed by atoms with Gasteiger partial charge in [-0.1, -0.05) is 13.8 Å². The molecule has 1 N–H and O–H groups in total. The molecule has 1 atom stereocenters. The van der Waals surface area contributed by atoms with E-state index in [2.05, 4.69) is 34.3 Å². The standard InChI is InChI=1S/C13H22N4O2/c1-4-10-11(5-2)16-17-12(15-10)14-8-13(18-3)6-7-19-9-13/h4-9H2,1-3H3,(H,14,15,17). The molecule has 106 valence electrons. The van der Waals surface area contributed by atoms with Gasteiger partial charge in [0, 0.05) is 26.7 Å². The summed E-state index contributed by atoms with van der Waals surface area (Å²) in [4.78, 5) is 4.51. The maximum atomic E-state index is 5.56. The molecular weight excluding hydrogens is 244 g/mol. The SMILES string of the molecule is CCc1nnc(NCC2(OC)CCOC2)nc1CC. The summed E-state index contributed by atoms with van der Waals surface area (Å²) in [7, 11) is 1.72. The quantitative estimate of drug-likeness (QED) is 0.834. The van der Waals surface area contributed by atoms with Crippen LogP contribution in [0.25, 0.3) is 0 Å². The molecular formula is C13H22N4O2. The average Bonchev–Trinajstić information content (AvgIpc) is 2.94. The lowest BCUT2D eigenvalue weighted by Crippen LogP contribution is -2.40. The van der Waals surface area contributed by atoms with E-state index < -0.39 is 0 Å². The molecule has 2 heterocycles. The smallest absolute Gasteiger partial charge is 0.243 e. The number of aromatic nitrogens is 3. The zero-order valence-electron chi connectivity index (χ0n) is 11.9. The molecule has 0 aromatic carbocycles. The summed E-state index contributed by atoms with van der Waals surface area (Å²) in [5, 5.41) is 11.5. The second-order valence-corrected chi connectivity index (χ2v) is 4.78. The fourth-order valence-electron chi connectivity index (χ4n) is 2.21. The van der Waals surface area contributed by atoms with Crippen LogP contribution in [0.1, 0.15) is 31.7 Å². The number of anilines is 1. The Hall–Kier alpha value is -1.27. The first-order valence-electron chi connectivity index (χ1n) is 6.82. The van der Waals surface area contributed by atoms with E-state index in [1.54, 1.807) is 7.11 Å². The molecule has 0 spiro atoms. The van der Waals surface area contributed by atoms with Crippen LogP contribution < -0.4 is 5.32 Å². The minimum atomic E-state index is -0.265. The van der Waals surface area contributed by atoms with Crippen LogP contribution in [0.5, 0.6) is 0 Å². The van der Waals surface area contributed by atoms with Crippen molar-refractivity contribution in [2.45, 2.75) is 38.7 Å². The van der Waals surface area contributed by atoms with E-state index in [-0.39, 0.29) is 5.60 Å². The first kappa shape index (κ1) is 14.1. The van der Waals surface area contributed by atoms with E-state index in [9.17, 15) is 0 Å². The van der Waals surface area contributed by atoms with Crippen LogP contribution in [0.3, 0.4) is 0 Å². The number of rotatable bonds is 6.